The molecule has 0 amide bonds. The van der Waals surface area contributed by atoms with E-state index < -0.39 is 0 Å². The fraction of sp³-hybridized carbons (Fsp3) is 1.00. The van der Waals surface area contributed by atoms with Crippen LogP contribution in [0.25, 0.3) is 0 Å². The van der Waals surface area contributed by atoms with Gasteiger partial charge >= 0.3 is 0 Å². The number of hydrogen-bond acceptors (Lipinski definition) is 2. The maximum Gasteiger partial charge on any atom is 0.0110 e. The number of hydrogen-bond donors (Lipinski definition) is 1. The maximum atomic E-state index is 3.45. The second kappa shape index (κ2) is 4.83. The van der Waals surface area contributed by atoms with E-state index in [0.29, 0.717) is 6.04 Å². The Labute approximate surface area is 76.3 Å². The third-order valence-corrected chi connectivity index (χ3v) is 2.42. The molecule has 2 heteroatoms. The maximum absolute atomic E-state index is 3.45. The predicted molar refractivity (Wildman–Crippen MR) is 53.4 cm³/mol. The second-order valence-corrected chi connectivity index (χ2v) is 3.97. The summed E-state index contributed by atoms with van der Waals surface area (Å²) in [6.07, 6.45) is 2.85. The Morgan fingerprint density at radius 3 is 2.50 bits per heavy atom. The van der Waals surface area contributed by atoms with Crippen molar-refractivity contribution in [2.45, 2.75) is 45.7 Å². The molecular formula is C10H22N2. The van der Waals surface area contributed by atoms with Crippen molar-refractivity contribution in [1.82, 2.24) is 10.2 Å². The van der Waals surface area contributed by atoms with Crippen LogP contribution in [-0.4, -0.2) is 36.6 Å². The molecule has 1 fully saturated rings. The van der Waals surface area contributed by atoms with Gasteiger partial charge in [0.05, 0.1) is 0 Å². The van der Waals surface area contributed by atoms with E-state index in [1.807, 2.05) is 0 Å². The average molecular weight is 170 g/mol. The Balaban J connectivity index is 2.02. The summed E-state index contributed by atoms with van der Waals surface area (Å²) in [5.41, 5.74) is 0. The third-order valence-electron chi connectivity index (χ3n) is 2.42. The molecule has 0 aromatic heterocycles. The molecule has 1 aliphatic carbocycles. The summed E-state index contributed by atoms with van der Waals surface area (Å²) in [7, 11) is 0. The summed E-state index contributed by atoms with van der Waals surface area (Å²) in [4.78, 5) is 2.58. The topological polar surface area (TPSA) is 15.3 Å². The van der Waals surface area contributed by atoms with Crippen LogP contribution >= 0.6 is 0 Å². The summed E-state index contributed by atoms with van der Waals surface area (Å²) in [6.45, 7) is 10.2. The first-order chi connectivity index (χ1) is 5.74. The molecule has 1 aliphatic rings. The van der Waals surface area contributed by atoms with Crippen LogP contribution in [0.2, 0.25) is 0 Å². The molecule has 0 aliphatic heterocycles. The highest BCUT2D eigenvalue weighted by Crippen LogP contribution is 2.25. The summed E-state index contributed by atoms with van der Waals surface area (Å²) >= 11 is 0. The van der Waals surface area contributed by atoms with E-state index in [1.165, 1.54) is 25.9 Å². The zero-order valence-electron chi connectivity index (χ0n) is 8.64. The summed E-state index contributed by atoms with van der Waals surface area (Å²) in [5, 5.41) is 3.45. The standard InChI is InChI=1S/C10H22N2/c1-4-12(10-5-6-10)8-7-11-9(2)3/h9-11H,4-8H2,1-3H3. The quantitative estimate of drug-likeness (QED) is 0.649. The lowest BCUT2D eigenvalue weighted by atomic mass is 10.4. The molecule has 0 aromatic rings. The van der Waals surface area contributed by atoms with Gasteiger partial charge in [-0.25, -0.2) is 0 Å². The van der Waals surface area contributed by atoms with Gasteiger partial charge in [-0.2, -0.15) is 0 Å². The van der Waals surface area contributed by atoms with E-state index in [9.17, 15) is 0 Å². The first-order valence-electron chi connectivity index (χ1n) is 5.21. The Morgan fingerprint density at radius 2 is 2.08 bits per heavy atom. The summed E-state index contributed by atoms with van der Waals surface area (Å²) < 4.78 is 0. The van der Waals surface area contributed by atoms with Gasteiger partial charge in [-0.05, 0) is 19.4 Å². The molecule has 0 saturated heterocycles. The molecule has 1 saturated carbocycles. The highest BCUT2D eigenvalue weighted by molar-refractivity contribution is 4.84. The molecule has 0 aromatic carbocycles. The van der Waals surface area contributed by atoms with Gasteiger partial charge in [0.15, 0.2) is 0 Å². The van der Waals surface area contributed by atoms with E-state index in [4.69, 9.17) is 0 Å². The fourth-order valence-electron chi connectivity index (χ4n) is 1.54. The largest absolute Gasteiger partial charge is 0.313 e. The Morgan fingerprint density at radius 1 is 1.42 bits per heavy atom. The van der Waals surface area contributed by atoms with Crippen LogP contribution in [0.4, 0.5) is 0 Å². The van der Waals surface area contributed by atoms with Gasteiger partial charge in [-0.15, -0.1) is 0 Å². The highest BCUT2D eigenvalue weighted by Gasteiger charge is 2.26. The minimum absolute atomic E-state index is 0.628. The Kier molecular flexibility index (Phi) is 4.02. The molecule has 1 N–H and O–H groups in total. The molecule has 0 atom stereocenters. The summed E-state index contributed by atoms with van der Waals surface area (Å²) in [6, 6.07) is 1.55. The van der Waals surface area contributed by atoms with Crippen LogP contribution in [0.3, 0.4) is 0 Å². The van der Waals surface area contributed by atoms with Crippen molar-refractivity contribution < 1.29 is 0 Å². The van der Waals surface area contributed by atoms with Gasteiger partial charge in [0.2, 0.25) is 0 Å². The molecule has 72 valence electrons. The molecule has 1 rings (SSSR count). The lowest BCUT2D eigenvalue weighted by molar-refractivity contribution is 0.274. The van der Waals surface area contributed by atoms with Crippen LogP contribution in [0.15, 0.2) is 0 Å². The zero-order valence-corrected chi connectivity index (χ0v) is 8.64. The molecule has 0 unspecified atom stereocenters. The van der Waals surface area contributed by atoms with Crippen molar-refractivity contribution in [2.75, 3.05) is 19.6 Å². The lowest BCUT2D eigenvalue weighted by Gasteiger charge is -2.20. The number of likely N-dealkylation sites (N-methyl/N-ethyl adjacent to an activating group) is 1. The van der Waals surface area contributed by atoms with E-state index in [1.54, 1.807) is 0 Å². The van der Waals surface area contributed by atoms with Crippen LogP contribution in [0, 0.1) is 0 Å². The van der Waals surface area contributed by atoms with Gasteiger partial charge in [0.25, 0.3) is 0 Å². The first-order valence-corrected chi connectivity index (χ1v) is 5.21. The molecule has 0 bridgehead atoms. The molecule has 12 heavy (non-hydrogen) atoms. The minimum atomic E-state index is 0.628. The first kappa shape index (κ1) is 10.0. The smallest absolute Gasteiger partial charge is 0.0110 e. The summed E-state index contributed by atoms with van der Waals surface area (Å²) in [5.74, 6) is 0. The minimum Gasteiger partial charge on any atom is -0.313 e. The van der Waals surface area contributed by atoms with Crippen LogP contribution in [0.5, 0.6) is 0 Å². The van der Waals surface area contributed by atoms with Gasteiger partial charge < -0.3 is 5.32 Å². The van der Waals surface area contributed by atoms with Gasteiger partial charge in [-0.1, -0.05) is 20.8 Å². The van der Waals surface area contributed by atoms with E-state index >= 15 is 0 Å². The van der Waals surface area contributed by atoms with Crippen LogP contribution < -0.4 is 5.32 Å². The number of nitrogens with zero attached hydrogens (tertiary/aromatic N) is 1. The van der Waals surface area contributed by atoms with Crippen molar-refractivity contribution in [3.63, 3.8) is 0 Å². The van der Waals surface area contributed by atoms with E-state index in [-0.39, 0.29) is 0 Å². The van der Waals surface area contributed by atoms with Crippen molar-refractivity contribution in [3.05, 3.63) is 0 Å². The SMILES string of the molecule is CCN(CCNC(C)C)C1CC1. The molecule has 0 heterocycles. The third kappa shape index (κ3) is 3.55. The Bertz CT molecular complexity index is 119. The number of rotatable bonds is 6. The molecule has 0 radical (unpaired) electrons. The van der Waals surface area contributed by atoms with Crippen molar-refractivity contribution in [3.8, 4) is 0 Å². The zero-order chi connectivity index (χ0) is 8.97. The lowest BCUT2D eigenvalue weighted by Crippen LogP contribution is -2.35. The van der Waals surface area contributed by atoms with Crippen molar-refractivity contribution in [2.24, 2.45) is 0 Å². The number of nitrogens with one attached hydrogen (secondary N) is 1. The van der Waals surface area contributed by atoms with E-state index in [0.717, 1.165) is 12.6 Å². The van der Waals surface area contributed by atoms with Gasteiger partial charge in [0.1, 0.15) is 0 Å². The molecular weight excluding hydrogens is 148 g/mol. The average Bonchev–Trinajstić information content (AvgIpc) is 2.80. The van der Waals surface area contributed by atoms with Crippen molar-refractivity contribution in [1.29, 1.82) is 0 Å². The van der Waals surface area contributed by atoms with Gasteiger partial charge in [-0.3, -0.25) is 4.90 Å². The van der Waals surface area contributed by atoms with Crippen LogP contribution in [0.1, 0.15) is 33.6 Å². The van der Waals surface area contributed by atoms with Crippen LogP contribution in [-0.2, 0) is 0 Å². The normalized spacial score (nSPS) is 17.8. The molecule has 2 nitrogen and oxygen atoms in total. The monoisotopic (exact) mass is 170 g/mol. The highest BCUT2D eigenvalue weighted by atomic mass is 15.2. The second-order valence-electron chi connectivity index (χ2n) is 3.97. The molecule has 0 spiro atoms. The fourth-order valence-corrected chi connectivity index (χ4v) is 1.54. The van der Waals surface area contributed by atoms with E-state index in [2.05, 4.69) is 31.0 Å². The van der Waals surface area contributed by atoms with Gasteiger partial charge in [0, 0.05) is 25.2 Å². The Hall–Kier alpha value is -0.0800. The predicted octanol–water partition coefficient (Wildman–Crippen LogP) is 1.47. The van der Waals surface area contributed by atoms with Crippen molar-refractivity contribution >= 4 is 0 Å².